The standard InChI is InChI=1S/C14H14N2OS2/c1-9-8-18-14(15-9)19-12-7-6-10-4-2-3-5-11(10)16-13(12)17/h2-5,8,12H,6-7H2,1H3,(H,16,17)/t12-/m0/s1. The molecule has 0 unspecified atom stereocenters. The molecule has 0 fully saturated rings. The number of carbonyl (C=O) groups excluding carboxylic acids is 1. The molecule has 0 saturated heterocycles. The number of benzene rings is 1. The van der Waals surface area contributed by atoms with E-state index in [-0.39, 0.29) is 11.2 Å². The fraction of sp³-hybridized carbons (Fsp3) is 0.286. The van der Waals surface area contributed by atoms with E-state index in [4.69, 9.17) is 0 Å². The average molecular weight is 290 g/mol. The van der Waals surface area contributed by atoms with Gasteiger partial charge in [0.2, 0.25) is 5.91 Å². The van der Waals surface area contributed by atoms with Crippen LogP contribution in [0.2, 0.25) is 0 Å². The van der Waals surface area contributed by atoms with Crippen LogP contribution >= 0.6 is 23.1 Å². The fourth-order valence-electron chi connectivity index (χ4n) is 2.11. The lowest BCUT2D eigenvalue weighted by Crippen LogP contribution is -2.23. The summed E-state index contributed by atoms with van der Waals surface area (Å²) in [6.07, 6.45) is 1.78. The maximum absolute atomic E-state index is 12.2. The number of fused-ring (bicyclic) bond motifs is 1. The summed E-state index contributed by atoms with van der Waals surface area (Å²) in [6, 6.07) is 8.02. The highest BCUT2D eigenvalue weighted by Gasteiger charge is 2.25. The van der Waals surface area contributed by atoms with Crippen LogP contribution in [0.3, 0.4) is 0 Å². The maximum atomic E-state index is 12.2. The Balaban J connectivity index is 1.77. The van der Waals surface area contributed by atoms with Gasteiger partial charge in [-0.2, -0.15) is 0 Å². The molecule has 2 heterocycles. The zero-order valence-electron chi connectivity index (χ0n) is 10.6. The summed E-state index contributed by atoms with van der Waals surface area (Å²) in [6.45, 7) is 1.98. The summed E-state index contributed by atoms with van der Waals surface area (Å²) < 4.78 is 0.976. The zero-order valence-corrected chi connectivity index (χ0v) is 12.2. The highest BCUT2D eigenvalue weighted by atomic mass is 32.2. The van der Waals surface area contributed by atoms with Gasteiger partial charge in [0, 0.05) is 16.8 Å². The minimum atomic E-state index is -0.0575. The van der Waals surface area contributed by atoms with E-state index in [0.29, 0.717) is 0 Å². The molecule has 1 aromatic heterocycles. The van der Waals surface area contributed by atoms with Crippen LogP contribution in [-0.4, -0.2) is 16.1 Å². The van der Waals surface area contributed by atoms with E-state index in [9.17, 15) is 4.79 Å². The number of thioether (sulfide) groups is 1. The fourth-order valence-corrected chi connectivity index (χ4v) is 4.19. The van der Waals surface area contributed by atoms with E-state index in [1.54, 1.807) is 23.1 Å². The summed E-state index contributed by atoms with van der Waals surface area (Å²) in [5.74, 6) is 0.0859. The topological polar surface area (TPSA) is 42.0 Å². The number of carbonyl (C=O) groups is 1. The van der Waals surface area contributed by atoms with Gasteiger partial charge in [-0.05, 0) is 31.4 Å². The summed E-state index contributed by atoms with van der Waals surface area (Å²) in [5.41, 5.74) is 3.19. The van der Waals surface area contributed by atoms with Crippen LogP contribution in [-0.2, 0) is 11.2 Å². The van der Waals surface area contributed by atoms with E-state index in [0.717, 1.165) is 28.6 Å². The molecule has 1 aromatic carbocycles. The first-order chi connectivity index (χ1) is 9.22. The number of para-hydroxylation sites is 1. The molecule has 5 heteroatoms. The quantitative estimate of drug-likeness (QED) is 0.920. The van der Waals surface area contributed by atoms with Crippen LogP contribution in [0.1, 0.15) is 17.7 Å². The number of aryl methyl sites for hydroxylation is 2. The van der Waals surface area contributed by atoms with Crippen LogP contribution in [0.25, 0.3) is 0 Å². The van der Waals surface area contributed by atoms with Gasteiger partial charge in [0.15, 0.2) is 4.34 Å². The van der Waals surface area contributed by atoms with Gasteiger partial charge in [-0.3, -0.25) is 4.79 Å². The van der Waals surface area contributed by atoms with Crippen molar-refractivity contribution >= 4 is 34.7 Å². The third-order valence-electron chi connectivity index (χ3n) is 3.08. The maximum Gasteiger partial charge on any atom is 0.237 e. The van der Waals surface area contributed by atoms with Gasteiger partial charge in [-0.15, -0.1) is 11.3 Å². The molecular formula is C14H14N2OS2. The third kappa shape index (κ3) is 2.82. The largest absolute Gasteiger partial charge is 0.325 e. The lowest BCUT2D eigenvalue weighted by molar-refractivity contribution is -0.115. The average Bonchev–Trinajstić information content (AvgIpc) is 2.74. The summed E-state index contributed by atoms with van der Waals surface area (Å²) in [4.78, 5) is 16.7. The summed E-state index contributed by atoms with van der Waals surface area (Å²) in [5, 5.41) is 4.98. The lowest BCUT2D eigenvalue weighted by atomic mass is 10.1. The molecule has 0 aliphatic carbocycles. The smallest absolute Gasteiger partial charge is 0.237 e. The molecule has 3 rings (SSSR count). The van der Waals surface area contributed by atoms with Crippen molar-refractivity contribution in [3.8, 4) is 0 Å². The van der Waals surface area contributed by atoms with Crippen LogP contribution in [0, 0.1) is 6.92 Å². The first-order valence-electron chi connectivity index (χ1n) is 6.20. The van der Waals surface area contributed by atoms with Crippen molar-refractivity contribution in [1.29, 1.82) is 0 Å². The van der Waals surface area contributed by atoms with Gasteiger partial charge < -0.3 is 5.32 Å². The molecule has 0 bridgehead atoms. The third-order valence-corrected chi connectivity index (χ3v) is 5.44. The van der Waals surface area contributed by atoms with E-state index < -0.39 is 0 Å². The molecular weight excluding hydrogens is 276 g/mol. The number of hydrogen-bond acceptors (Lipinski definition) is 4. The second-order valence-electron chi connectivity index (χ2n) is 4.55. The van der Waals surface area contributed by atoms with Crippen LogP contribution < -0.4 is 5.32 Å². The molecule has 98 valence electrons. The first kappa shape index (κ1) is 12.7. The number of thiazole rings is 1. The zero-order chi connectivity index (χ0) is 13.2. The van der Waals surface area contributed by atoms with Gasteiger partial charge in [-0.1, -0.05) is 30.0 Å². The Labute approximate surface area is 120 Å². The molecule has 1 amide bonds. The molecule has 0 radical (unpaired) electrons. The molecule has 1 atom stereocenters. The van der Waals surface area contributed by atoms with Crippen molar-refractivity contribution in [2.24, 2.45) is 0 Å². The van der Waals surface area contributed by atoms with Crippen LogP contribution in [0.4, 0.5) is 5.69 Å². The second kappa shape index (κ2) is 5.35. The van der Waals surface area contributed by atoms with Crippen molar-refractivity contribution in [3.63, 3.8) is 0 Å². The van der Waals surface area contributed by atoms with Gasteiger partial charge in [0.05, 0.1) is 5.25 Å². The van der Waals surface area contributed by atoms with Crippen molar-refractivity contribution in [2.45, 2.75) is 29.4 Å². The Morgan fingerprint density at radius 3 is 3.05 bits per heavy atom. The highest BCUT2D eigenvalue weighted by molar-refractivity contribution is 8.02. The number of anilines is 1. The lowest BCUT2D eigenvalue weighted by Gasteiger charge is -2.10. The van der Waals surface area contributed by atoms with Gasteiger partial charge in [-0.25, -0.2) is 4.98 Å². The number of aromatic nitrogens is 1. The van der Waals surface area contributed by atoms with Crippen molar-refractivity contribution in [3.05, 3.63) is 40.9 Å². The Kier molecular flexibility index (Phi) is 3.57. The van der Waals surface area contributed by atoms with Crippen molar-refractivity contribution in [2.75, 3.05) is 5.32 Å². The van der Waals surface area contributed by atoms with Gasteiger partial charge in [0.1, 0.15) is 0 Å². The molecule has 0 saturated carbocycles. The predicted octanol–water partition coefficient (Wildman–Crippen LogP) is 3.50. The molecule has 2 aromatic rings. The Bertz CT molecular complexity index is 609. The number of nitrogens with one attached hydrogen (secondary N) is 1. The van der Waals surface area contributed by atoms with Crippen molar-refractivity contribution < 1.29 is 4.79 Å². The Hall–Kier alpha value is -1.33. The molecule has 1 N–H and O–H groups in total. The predicted molar refractivity (Wildman–Crippen MR) is 79.9 cm³/mol. The van der Waals surface area contributed by atoms with E-state index in [1.165, 1.54) is 5.56 Å². The molecule has 19 heavy (non-hydrogen) atoms. The van der Waals surface area contributed by atoms with Crippen molar-refractivity contribution in [1.82, 2.24) is 4.98 Å². The highest BCUT2D eigenvalue weighted by Crippen LogP contribution is 2.32. The molecule has 1 aliphatic rings. The minimum Gasteiger partial charge on any atom is -0.325 e. The van der Waals surface area contributed by atoms with E-state index >= 15 is 0 Å². The Morgan fingerprint density at radius 1 is 1.42 bits per heavy atom. The van der Waals surface area contributed by atoms with Crippen LogP contribution in [0.15, 0.2) is 34.0 Å². The van der Waals surface area contributed by atoms with E-state index in [2.05, 4.69) is 16.4 Å². The first-order valence-corrected chi connectivity index (χ1v) is 7.96. The minimum absolute atomic E-state index is 0.0575. The molecule has 3 nitrogen and oxygen atoms in total. The normalized spacial score (nSPS) is 18.6. The number of hydrogen-bond donors (Lipinski definition) is 1. The van der Waals surface area contributed by atoms with Crippen LogP contribution in [0.5, 0.6) is 0 Å². The second-order valence-corrected chi connectivity index (χ2v) is 6.85. The van der Waals surface area contributed by atoms with Gasteiger partial charge >= 0.3 is 0 Å². The summed E-state index contributed by atoms with van der Waals surface area (Å²) >= 11 is 3.18. The number of nitrogens with zero attached hydrogens (tertiary/aromatic N) is 1. The van der Waals surface area contributed by atoms with E-state index in [1.807, 2.05) is 30.5 Å². The number of rotatable bonds is 2. The summed E-state index contributed by atoms with van der Waals surface area (Å²) in [7, 11) is 0. The number of amides is 1. The monoisotopic (exact) mass is 290 g/mol. The molecule has 1 aliphatic heterocycles. The van der Waals surface area contributed by atoms with Gasteiger partial charge in [0.25, 0.3) is 0 Å². The Morgan fingerprint density at radius 2 is 2.26 bits per heavy atom. The SMILES string of the molecule is Cc1csc(S[C@H]2CCc3ccccc3NC2=O)n1. The molecule has 0 spiro atoms.